The van der Waals surface area contributed by atoms with Crippen molar-refractivity contribution in [3.05, 3.63) is 0 Å². The zero-order chi connectivity index (χ0) is 20.0. The van der Waals surface area contributed by atoms with E-state index in [1.54, 1.807) is 7.11 Å². The van der Waals surface area contributed by atoms with Crippen molar-refractivity contribution in [1.29, 1.82) is 0 Å². The maximum absolute atomic E-state index is 12.5. The largest absolute Gasteiger partial charge is 0.469 e. The molecular formula is C20H35NO6. The van der Waals surface area contributed by atoms with Gasteiger partial charge in [-0.1, -0.05) is 0 Å². The Kier molecular flexibility index (Phi) is 8.06. The van der Waals surface area contributed by atoms with Crippen LogP contribution in [0.4, 0.5) is 0 Å². The maximum atomic E-state index is 12.5. The first-order chi connectivity index (χ1) is 12.7. The number of carbonyl (C=O) groups is 2. The van der Waals surface area contributed by atoms with E-state index in [1.807, 2.05) is 25.7 Å². The lowest BCUT2D eigenvalue weighted by Crippen LogP contribution is -2.49. The van der Waals surface area contributed by atoms with E-state index in [4.69, 9.17) is 18.9 Å². The number of esters is 2. The van der Waals surface area contributed by atoms with Crippen molar-refractivity contribution >= 4 is 11.9 Å². The molecule has 0 N–H and O–H groups in total. The molecular weight excluding hydrogens is 350 g/mol. The highest BCUT2D eigenvalue weighted by Crippen LogP contribution is 2.29. The summed E-state index contributed by atoms with van der Waals surface area (Å²) in [5, 5.41) is 0. The topological polar surface area (TPSA) is 74.3 Å². The maximum Gasteiger partial charge on any atom is 0.351 e. The Morgan fingerprint density at radius 3 is 2.30 bits per heavy atom. The third-order valence-corrected chi connectivity index (χ3v) is 5.29. The minimum absolute atomic E-state index is 0.00266. The molecule has 27 heavy (non-hydrogen) atoms. The van der Waals surface area contributed by atoms with E-state index in [-0.39, 0.29) is 30.0 Å². The zero-order valence-corrected chi connectivity index (χ0v) is 17.4. The SMILES string of the molecule is COC(=O)[C@H]1CC[C@@H](OC[C@@H]2CCCN2C(OC)C(=O)OC(C)(C)C)CC1. The Labute approximate surface area is 162 Å². The average Bonchev–Trinajstić information content (AvgIpc) is 3.07. The number of methoxy groups -OCH3 is 2. The number of likely N-dealkylation sites (tertiary alicyclic amines) is 1. The molecule has 2 fully saturated rings. The van der Waals surface area contributed by atoms with Crippen molar-refractivity contribution in [3.8, 4) is 0 Å². The Morgan fingerprint density at radius 1 is 1.07 bits per heavy atom. The molecule has 0 radical (unpaired) electrons. The van der Waals surface area contributed by atoms with Crippen LogP contribution in [0.5, 0.6) is 0 Å². The molecule has 0 aromatic rings. The summed E-state index contributed by atoms with van der Waals surface area (Å²) in [6.07, 6.45) is 4.80. The van der Waals surface area contributed by atoms with Crippen LogP contribution in [0.25, 0.3) is 0 Å². The van der Waals surface area contributed by atoms with Crippen LogP contribution in [0.3, 0.4) is 0 Å². The summed E-state index contributed by atoms with van der Waals surface area (Å²) in [7, 11) is 2.98. The fourth-order valence-electron chi connectivity index (χ4n) is 3.94. The molecule has 1 heterocycles. The van der Waals surface area contributed by atoms with Crippen LogP contribution in [-0.4, -0.2) is 68.2 Å². The Hall–Kier alpha value is -1.18. The van der Waals surface area contributed by atoms with Crippen LogP contribution < -0.4 is 0 Å². The Morgan fingerprint density at radius 2 is 1.74 bits per heavy atom. The van der Waals surface area contributed by atoms with Gasteiger partial charge in [-0.05, 0) is 59.3 Å². The molecule has 0 aromatic heterocycles. The first-order valence-corrected chi connectivity index (χ1v) is 9.96. The fourth-order valence-corrected chi connectivity index (χ4v) is 3.94. The Balaban J connectivity index is 1.83. The second kappa shape index (κ2) is 9.85. The smallest absolute Gasteiger partial charge is 0.351 e. The van der Waals surface area contributed by atoms with E-state index < -0.39 is 11.8 Å². The third kappa shape index (κ3) is 6.43. The summed E-state index contributed by atoms with van der Waals surface area (Å²) in [5.74, 6) is -0.464. The van der Waals surface area contributed by atoms with Gasteiger partial charge in [0.2, 0.25) is 6.23 Å². The number of carbonyl (C=O) groups excluding carboxylic acids is 2. The summed E-state index contributed by atoms with van der Waals surface area (Å²) in [4.78, 5) is 26.2. The van der Waals surface area contributed by atoms with Crippen molar-refractivity contribution in [2.75, 3.05) is 27.4 Å². The second-order valence-corrected chi connectivity index (χ2v) is 8.49. The average molecular weight is 386 g/mol. The highest BCUT2D eigenvalue weighted by molar-refractivity contribution is 5.74. The van der Waals surface area contributed by atoms with Crippen LogP contribution in [0.2, 0.25) is 0 Å². The van der Waals surface area contributed by atoms with E-state index >= 15 is 0 Å². The van der Waals surface area contributed by atoms with E-state index in [1.165, 1.54) is 7.11 Å². The molecule has 1 aliphatic carbocycles. The van der Waals surface area contributed by atoms with Gasteiger partial charge in [0, 0.05) is 19.7 Å². The van der Waals surface area contributed by atoms with Crippen molar-refractivity contribution in [3.63, 3.8) is 0 Å². The molecule has 7 heteroatoms. The van der Waals surface area contributed by atoms with Crippen molar-refractivity contribution < 1.29 is 28.5 Å². The lowest BCUT2D eigenvalue weighted by molar-refractivity contribution is -0.181. The van der Waals surface area contributed by atoms with Crippen LogP contribution >= 0.6 is 0 Å². The van der Waals surface area contributed by atoms with E-state index in [0.29, 0.717) is 6.61 Å². The van der Waals surface area contributed by atoms with Crippen molar-refractivity contribution in [2.45, 2.75) is 83.3 Å². The van der Waals surface area contributed by atoms with Gasteiger partial charge >= 0.3 is 11.9 Å². The van der Waals surface area contributed by atoms with E-state index in [0.717, 1.165) is 45.1 Å². The van der Waals surface area contributed by atoms with E-state index in [9.17, 15) is 9.59 Å². The summed E-state index contributed by atoms with van der Waals surface area (Å²) < 4.78 is 21.9. The van der Waals surface area contributed by atoms with Gasteiger partial charge in [0.1, 0.15) is 5.60 Å². The third-order valence-electron chi connectivity index (χ3n) is 5.29. The lowest BCUT2D eigenvalue weighted by atomic mass is 9.87. The minimum Gasteiger partial charge on any atom is -0.469 e. The monoisotopic (exact) mass is 385 g/mol. The number of hydrogen-bond donors (Lipinski definition) is 0. The molecule has 1 saturated heterocycles. The standard InChI is InChI=1S/C20H35NO6/c1-20(2,3)27-19(23)17(24-4)21-12-6-7-15(21)13-26-16-10-8-14(9-11-16)18(22)25-5/h14-17H,6-13H2,1-5H3/t14-,15-,16+,17?/m0/s1. The quantitative estimate of drug-likeness (QED) is 0.623. The van der Waals surface area contributed by atoms with Crippen LogP contribution in [-0.2, 0) is 28.5 Å². The van der Waals surface area contributed by atoms with Crippen LogP contribution in [0, 0.1) is 5.92 Å². The second-order valence-electron chi connectivity index (χ2n) is 8.49. The summed E-state index contributed by atoms with van der Waals surface area (Å²) in [5.41, 5.74) is -0.544. The van der Waals surface area contributed by atoms with Gasteiger partial charge < -0.3 is 18.9 Å². The molecule has 0 amide bonds. The molecule has 2 aliphatic rings. The highest BCUT2D eigenvalue weighted by atomic mass is 16.6. The molecule has 1 unspecified atom stereocenters. The molecule has 0 bridgehead atoms. The van der Waals surface area contributed by atoms with Gasteiger partial charge in [-0.25, -0.2) is 4.79 Å². The predicted molar refractivity (Wildman–Crippen MR) is 100 cm³/mol. The van der Waals surface area contributed by atoms with Crippen LogP contribution in [0.15, 0.2) is 0 Å². The van der Waals surface area contributed by atoms with Crippen molar-refractivity contribution in [1.82, 2.24) is 4.90 Å². The molecule has 1 aliphatic heterocycles. The molecule has 0 aromatic carbocycles. The number of rotatable bonds is 7. The summed E-state index contributed by atoms with van der Waals surface area (Å²) >= 11 is 0. The first kappa shape index (κ1) is 22.1. The van der Waals surface area contributed by atoms with Gasteiger partial charge in [-0.15, -0.1) is 0 Å². The molecule has 2 rings (SSSR count). The summed E-state index contributed by atoms with van der Waals surface area (Å²) in [6, 6.07) is 0.140. The lowest BCUT2D eigenvalue weighted by Gasteiger charge is -2.34. The number of nitrogens with zero attached hydrogens (tertiary/aromatic N) is 1. The zero-order valence-electron chi connectivity index (χ0n) is 17.4. The van der Waals surface area contributed by atoms with Gasteiger partial charge in [-0.2, -0.15) is 0 Å². The number of hydrogen-bond acceptors (Lipinski definition) is 7. The number of ether oxygens (including phenoxy) is 4. The molecule has 2 atom stereocenters. The molecule has 7 nitrogen and oxygen atoms in total. The molecule has 0 spiro atoms. The van der Waals surface area contributed by atoms with Gasteiger partial charge in [0.05, 0.1) is 25.7 Å². The van der Waals surface area contributed by atoms with Crippen LogP contribution in [0.1, 0.15) is 59.3 Å². The minimum atomic E-state index is -0.699. The Bertz CT molecular complexity index is 495. The first-order valence-electron chi connectivity index (χ1n) is 9.96. The molecule has 156 valence electrons. The van der Waals surface area contributed by atoms with Crippen molar-refractivity contribution in [2.24, 2.45) is 5.92 Å². The van der Waals surface area contributed by atoms with Gasteiger partial charge in [0.15, 0.2) is 0 Å². The summed E-state index contributed by atoms with van der Waals surface area (Å²) in [6.45, 7) is 6.92. The van der Waals surface area contributed by atoms with E-state index in [2.05, 4.69) is 0 Å². The van der Waals surface area contributed by atoms with Gasteiger partial charge in [0.25, 0.3) is 0 Å². The fraction of sp³-hybridized carbons (Fsp3) is 0.900. The highest BCUT2D eigenvalue weighted by Gasteiger charge is 2.38. The van der Waals surface area contributed by atoms with Gasteiger partial charge in [-0.3, -0.25) is 9.69 Å². The normalized spacial score (nSPS) is 28.0. The predicted octanol–water partition coefficient (Wildman–Crippen LogP) is 2.51. The molecule has 1 saturated carbocycles.